The lowest BCUT2D eigenvalue weighted by molar-refractivity contribution is 0.361. The van der Waals surface area contributed by atoms with Gasteiger partial charge in [-0.05, 0) is 68.7 Å². The average molecular weight is 217 g/mol. The van der Waals surface area contributed by atoms with Crippen LogP contribution in [0.15, 0.2) is 18.2 Å². The maximum Gasteiger partial charge on any atom is 0.0345 e. The van der Waals surface area contributed by atoms with E-state index < -0.39 is 0 Å². The lowest BCUT2D eigenvalue weighted by atomic mass is 9.87. The molecule has 1 aromatic rings. The van der Waals surface area contributed by atoms with Gasteiger partial charge in [-0.15, -0.1) is 0 Å². The maximum absolute atomic E-state index is 3.67. The highest BCUT2D eigenvalue weighted by atomic mass is 14.9. The summed E-state index contributed by atoms with van der Waals surface area (Å²) >= 11 is 0. The van der Waals surface area contributed by atoms with Crippen molar-refractivity contribution in [2.45, 2.75) is 52.5 Å². The predicted octanol–water partition coefficient (Wildman–Crippen LogP) is 4.29. The van der Waals surface area contributed by atoms with Crippen molar-refractivity contribution in [2.75, 3.05) is 5.32 Å². The van der Waals surface area contributed by atoms with Crippen LogP contribution in [0.5, 0.6) is 0 Å². The highest BCUT2D eigenvalue weighted by Gasteiger charge is 2.17. The van der Waals surface area contributed by atoms with E-state index in [1.807, 2.05) is 0 Å². The first-order valence-corrected chi connectivity index (χ1v) is 6.49. The Labute approximate surface area is 99.3 Å². The van der Waals surface area contributed by atoms with E-state index in [0.29, 0.717) is 6.04 Å². The van der Waals surface area contributed by atoms with E-state index in [-0.39, 0.29) is 0 Å². The van der Waals surface area contributed by atoms with Crippen LogP contribution in [-0.2, 0) is 0 Å². The van der Waals surface area contributed by atoms with Crippen LogP contribution in [-0.4, -0.2) is 6.04 Å². The molecule has 1 N–H and O–H groups in total. The second-order valence-corrected chi connectivity index (χ2v) is 5.40. The van der Waals surface area contributed by atoms with E-state index in [4.69, 9.17) is 0 Å². The molecule has 0 bridgehead atoms. The lowest BCUT2D eigenvalue weighted by Crippen LogP contribution is -2.25. The Kier molecular flexibility index (Phi) is 3.52. The number of hydrogen-bond acceptors (Lipinski definition) is 1. The fourth-order valence-corrected chi connectivity index (χ4v) is 2.47. The van der Waals surface area contributed by atoms with E-state index in [0.717, 1.165) is 5.92 Å². The van der Waals surface area contributed by atoms with Gasteiger partial charge >= 0.3 is 0 Å². The Morgan fingerprint density at radius 3 is 2.31 bits per heavy atom. The number of benzene rings is 1. The smallest absolute Gasteiger partial charge is 0.0345 e. The molecule has 1 aromatic carbocycles. The molecule has 1 nitrogen and oxygen atoms in total. The van der Waals surface area contributed by atoms with Crippen molar-refractivity contribution in [3.05, 3.63) is 29.3 Å². The Hall–Kier alpha value is -0.980. The molecular weight excluding hydrogens is 194 g/mol. The van der Waals surface area contributed by atoms with Crippen LogP contribution >= 0.6 is 0 Å². The number of aryl methyl sites for hydroxylation is 2. The zero-order chi connectivity index (χ0) is 11.5. The standard InChI is InChI=1S/C15H23N/c1-11-4-7-14(8-5-11)16-15-9-6-12(2)13(3)10-15/h6,9-11,14,16H,4-5,7-8H2,1-3H3. The van der Waals surface area contributed by atoms with Gasteiger partial charge in [-0.3, -0.25) is 0 Å². The van der Waals surface area contributed by atoms with Crippen molar-refractivity contribution in [2.24, 2.45) is 5.92 Å². The quantitative estimate of drug-likeness (QED) is 0.779. The van der Waals surface area contributed by atoms with Crippen molar-refractivity contribution >= 4 is 5.69 Å². The van der Waals surface area contributed by atoms with Crippen molar-refractivity contribution in [3.63, 3.8) is 0 Å². The summed E-state index contributed by atoms with van der Waals surface area (Å²) in [6, 6.07) is 7.38. The topological polar surface area (TPSA) is 12.0 Å². The fraction of sp³-hybridized carbons (Fsp3) is 0.600. The molecule has 0 aliphatic heterocycles. The molecule has 0 radical (unpaired) electrons. The summed E-state index contributed by atoms with van der Waals surface area (Å²) in [7, 11) is 0. The number of hydrogen-bond donors (Lipinski definition) is 1. The molecule has 88 valence electrons. The summed E-state index contributed by atoms with van der Waals surface area (Å²) < 4.78 is 0. The van der Waals surface area contributed by atoms with Crippen LogP contribution in [0.25, 0.3) is 0 Å². The van der Waals surface area contributed by atoms with Gasteiger partial charge in [-0.2, -0.15) is 0 Å². The second-order valence-electron chi connectivity index (χ2n) is 5.40. The fourth-order valence-electron chi connectivity index (χ4n) is 2.47. The minimum absolute atomic E-state index is 0.693. The molecule has 1 aliphatic rings. The third-order valence-electron chi connectivity index (χ3n) is 3.89. The molecule has 0 spiro atoms. The molecule has 1 heteroatoms. The Morgan fingerprint density at radius 1 is 1.00 bits per heavy atom. The van der Waals surface area contributed by atoms with Crippen molar-refractivity contribution in [3.8, 4) is 0 Å². The van der Waals surface area contributed by atoms with Crippen LogP contribution in [0.1, 0.15) is 43.7 Å². The first kappa shape index (κ1) is 11.5. The van der Waals surface area contributed by atoms with Crippen LogP contribution in [0, 0.1) is 19.8 Å². The van der Waals surface area contributed by atoms with Crippen LogP contribution < -0.4 is 5.32 Å². The molecule has 0 heterocycles. The van der Waals surface area contributed by atoms with Crippen LogP contribution in [0.3, 0.4) is 0 Å². The normalized spacial score (nSPS) is 25.4. The van der Waals surface area contributed by atoms with Gasteiger partial charge in [0.25, 0.3) is 0 Å². The highest BCUT2D eigenvalue weighted by Crippen LogP contribution is 2.26. The lowest BCUT2D eigenvalue weighted by Gasteiger charge is -2.28. The molecule has 2 rings (SSSR count). The third kappa shape index (κ3) is 2.78. The van der Waals surface area contributed by atoms with E-state index in [1.165, 1.54) is 42.5 Å². The van der Waals surface area contributed by atoms with Gasteiger partial charge in [0.2, 0.25) is 0 Å². The number of anilines is 1. The largest absolute Gasteiger partial charge is 0.382 e. The molecule has 1 fully saturated rings. The van der Waals surface area contributed by atoms with Gasteiger partial charge in [-0.1, -0.05) is 13.0 Å². The van der Waals surface area contributed by atoms with Crippen molar-refractivity contribution in [1.82, 2.24) is 0 Å². The average Bonchev–Trinajstić information content (AvgIpc) is 2.27. The van der Waals surface area contributed by atoms with Crippen molar-refractivity contribution < 1.29 is 0 Å². The van der Waals surface area contributed by atoms with E-state index in [9.17, 15) is 0 Å². The van der Waals surface area contributed by atoms with Gasteiger partial charge in [-0.25, -0.2) is 0 Å². The van der Waals surface area contributed by atoms with Crippen LogP contribution in [0.4, 0.5) is 5.69 Å². The zero-order valence-electron chi connectivity index (χ0n) is 10.7. The van der Waals surface area contributed by atoms with E-state index in [2.05, 4.69) is 44.3 Å². The Balaban J connectivity index is 1.96. The monoisotopic (exact) mass is 217 g/mol. The summed E-state index contributed by atoms with van der Waals surface area (Å²) in [4.78, 5) is 0. The zero-order valence-corrected chi connectivity index (χ0v) is 10.7. The molecule has 0 atom stereocenters. The third-order valence-corrected chi connectivity index (χ3v) is 3.89. The van der Waals surface area contributed by atoms with Crippen molar-refractivity contribution in [1.29, 1.82) is 0 Å². The molecule has 0 aromatic heterocycles. The SMILES string of the molecule is Cc1ccc(NC2CCC(C)CC2)cc1C. The van der Waals surface area contributed by atoms with Gasteiger partial charge in [0.1, 0.15) is 0 Å². The maximum atomic E-state index is 3.67. The molecule has 0 saturated heterocycles. The predicted molar refractivity (Wildman–Crippen MR) is 71.0 cm³/mol. The minimum atomic E-state index is 0.693. The molecule has 1 saturated carbocycles. The van der Waals surface area contributed by atoms with Gasteiger partial charge in [0.05, 0.1) is 0 Å². The molecular formula is C15H23N. The molecule has 1 aliphatic carbocycles. The Morgan fingerprint density at radius 2 is 1.69 bits per heavy atom. The van der Waals surface area contributed by atoms with Gasteiger partial charge < -0.3 is 5.32 Å². The minimum Gasteiger partial charge on any atom is -0.382 e. The Bertz CT molecular complexity index is 348. The van der Waals surface area contributed by atoms with Gasteiger partial charge in [0.15, 0.2) is 0 Å². The van der Waals surface area contributed by atoms with Crippen LogP contribution in [0.2, 0.25) is 0 Å². The summed E-state index contributed by atoms with van der Waals surface area (Å²) in [6.45, 7) is 6.72. The summed E-state index contributed by atoms with van der Waals surface area (Å²) in [5.41, 5.74) is 4.06. The van der Waals surface area contributed by atoms with E-state index >= 15 is 0 Å². The molecule has 0 amide bonds. The van der Waals surface area contributed by atoms with Gasteiger partial charge in [0, 0.05) is 11.7 Å². The summed E-state index contributed by atoms with van der Waals surface area (Å²) in [5, 5.41) is 3.67. The first-order valence-electron chi connectivity index (χ1n) is 6.49. The molecule has 16 heavy (non-hydrogen) atoms. The summed E-state index contributed by atoms with van der Waals surface area (Å²) in [6.07, 6.45) is 5.41. The highest BCUT2D eigenvalue weighted by molar-refractivity contribution is 5.48. The first-order chi connectivity index (χ1) is 7.65. The second kappa shape index (κ2) is 4.90. The number of nitrogens with one attached hydrogen (secondary N) is 1. The molecule has 0 unspecified atom stereocenters. The van der Waals surface area contributed by atoms with E-state index in [1.54, 1.807) is 0 Å². The summed E-state index contributed by atoms with van der Waals surface area (Å²) in [5.74, 6) is 0.929. The number of rotatable bonds is 2.